The summed E-state index contributed by atoms with van der Waals surface area (Å²) in [4.78, 5) is 35.2. The Kier molecular flexibility index (Phi) is 3.73. The number of benzene rings is 1. The van der Waals surface area contributed by atoms with Crippen molar-refractivity contribution in [1.29, 1.82) is 0 Å². The van der Waals surface area contributed by atoms with Gasteiger partial charge in [0.05, 0.1) is 16.4 Å². The summed E-state index contributed by atoms with van der Waals surface area (Å²) >= 11 is 5.75. The molecule has 0 aromatic heterocycles. The van der Waals surface area contributed by atoms with Crippen molar-refractivity contribution in [3.05, 3.63) is 41.3 Å². The van der Waals surface area contributed by atoms with Crippen LogP contribution in [-0.4, -0.2) is 47.4 Å². The van der Waals surface area contributed by atoms with E-state index in [1.807, 2.05) is 0 Å². The normalized spacial score (nSPS) is 22.5. The average molecular weight is 335 g/mol. The summed E-state index contributed by atoms with van der Waals surface area (Å²) in [7, 11) is 2.95. The molecule has 8 heteroatoms. The molecular formula is C15H12ClFN4O2. The summed E-state index contributed by atoms with van der Waals surface area (Å²) in [5.41, 5.74) is 0.821. The maximum Gasteiger partial charge on any atom is 0.331 e. The van der Waals surface area contributed by atoms with Crippen molar-refractivity contribution in [1.82, 2.24) is 9.80 Å². The second-order valence-corrected chi connectivity index (χ2v) is 5.52. The van der Waals surface area contributed by atoms with Crippen LogP contribution in [0.2, 0.25) is 5.02 Å². The quantitative estimate of drug-likeness (QED) is 0.792. The van der Waals surface area contributed by atoms with Gasteiger partial charge >= 0.3 is 6.03 Å². The first-order valence-electron chi connectivity index (χ1n) is 6.73. The number of aliphatic imine (C=N–C) groups is 2. The van der Waals surface area contributed by atoms with Crippen LogP contribution in [-0.2, 0) is 4.79 Å². The standard InChI is InChI=1S/C15H12ClFN4O2/c1-20-13-12(14(22)21(2)15(20)23)11(5-6-18-13)19-8-3-4-10(17)9(16)7-8/h3-7,12H,1-2H3. The lowest BCUT2D eigenvalue weighted by Gasteiger charge is -2.36. The summed E-state index contributed by atoms with van der Waals surface area (Å²) in [6.07, 6.45) is 3.05. The van der Waals surface area contributed by atoms with Gasteiger partial charge in [0, 0.05) is 20.3 Å². The molecule has 1 aromatic carbocycles. The molecule has 2 heterocycles. The van der Waals surface area contributed by atoms with Crippen LogP contribution in [0.25, 0.3) is 0 Å². The molecular weight excluding hydrogens is 323 g/mol. The molecule has 0 N–H and O–H groups in total. The molecule has 2 aliphatic heterocycles. The summed E-state index contributed by atoms with van der Waals surface area (Å²) in [6, 6.07) is 3.58. The van der Waals surface area contributed by atoms with E-state index in [2.05, 4.69) is 9.98 Å². The van der Waals surface area contributed by atoms with Crippen molar-refractivity contribution in [3.8, 4) is 0 Å². The first kappa shape index (κ1) is 15.4. The van der Waals surface area contributed by atoms with E-state index in [0.717, 1.165) is 4.90 Å². The van der Waals surface area contributed by atoms with Gasteiger partial charge in [-0.25, -0.2) is 14.2 Å². The molecule has 1 saturated heterocycles. The zero-order chi connectivity index (χ0) is 16.7. The summed E-state index contributed by atoms with van der Waals surface area (Å²) < 4.78 is 13.2. The van der Waals surface area contributed by atoms with Gasteiger partial charge in [0.25, 0.3) is 0 Å². The van der Waals surface area contributed by atoms with Gasteiger partial charge in [-0.15, -0.1) is 0 Å². The maximum absolute atomic E-state index is 13.2. The Bertz CT molecular complexity index is 803. The molecule has 0 saturated carbocycles. The van der Waals surface area contributed by atoms with Gasteiger partial charge < -0.3 is 0 Å². The van der Waals surface area contributed by atoms with Crippen LogP contribution in [0, 0.1) is 11.7 Å². The number of rotatable bonds is 1. The minimum Gasteiger partial charge on any atom is -0.284 e. The highest BCUT2D eigenvalue weighted by molar-refractivity contribution is 6.32. The number of amides is 3. The monoisotopic (exact) mass is 334 g/mol. The number of hydrogen-bond acceptors (Lipinski definition) is 4. The molecule has 2 aliphatic rings. The maximum atomic E-state index is 13.2. The molecule has 3 rings (SSSR count). The van der Waals surface area contributed by atoms with Crippen LogP contribution in [0.3, 0.4) is 0 Å². The van der Waals surface area contributed by atoms with Gasteiger partial charge in [0.2, 0.25) is 5.91 Å². The molecule has 3 amide bonds. The van der Waals surface area contributed by atoms with Crippen molar-refractivity contribution < 1.29 is 14.0 Å². The third-order valence-corrected chi connectivity index (χ3v) is 3.95. The summed E-state index contributed by atoms with van der Waals surface area (Å²) in [6.45, 7) is 0. The molecule has 1 unspecified atom stereocenters. The third kappa shape index (κ3) is 2.53. The molecule has 1 fully saturated rings. The molecule has 0 radical (unpaired) electrons. The fourth-order valence-corrected chi connectivity index (χ4v) is 2.60. The number of carbonyl (C=O) groups excluding carboxylic acids is 2. The van der Waals surface area contributed by atoms with E-state index in [1.165, 1.54) is 36.3 Å². The lowest BCUT2D eigenvalue weighted by Crippen LogP contribution is -2.59. The zero-order valence-corrected chi connectivity index (χ0v) is 13.1. The number of carbonyl (C=O) groups is 2. The lowest BCUT2D eigenvalue weighted by atomic mass is 9.95. The van der Waals surface area contributed by atoms with Crippen molar-refractivity contribution >= 4 is 40.8 Å². The Morgan fingerprint density at radius 2 is 2.00 bits per heavy atom. The number of allylic oxidation sites excluding steroid dienone is 1. The van der Waals surface area contributed by atoms with Gasteiger partial charge in [-0.3, -0.25) is 19.6 Å². The fourth-order valence-electron chi connectivity index (χ4n) is 2.43. The predicted octanol–water partition coefficient (Wildman–Crippen LogP) is 2.62. The van der Waals surface area contributed by atoms with Crippen LogP contribution in [0.1, 0.15) is 0 Å². The zero-order valence-electron chi connectivity index (χ0n) is 12.3. The molecule has 23 heavy (non-hydrogen) atoms. The smallest absolute Gasteiger partial charge is 0.284 e. The minimum atomic E-state index is -0.781. The topological polar surface area (TPSA) is 65.3 Å². The van der Waals surface area contributed by atoms with Crippen molar-refractivity contribution in [2.24, 2.45) is 15.9 Å². The molecule has 1 aromatic rings. The Balaban J connectivity index is 2.04. The second-order valence-electron chi connectivity index (χ2n) is 5.11. The highest BCUT2D eigenvalue weighted by atomic mass is 35.5. The highest BCUT2D eigenvalue weighted by Gasteiger charge is 2.43. The average Bonchev–Trinajstić information content (AvgIpc) is 2.54. The van der Waals surface area contributed by atoms with Crippen LogP contribution < -0.4 is 0 Å². The minimum absolute atomic E-state index is 0.0556. The number of hydrogen-bond donors (Lipinski definition) is 0. The Hall–Kier alpha value is -2.54. The van der Waals surface area contributed by atoms with E-state index in [0.29, 0.717) is 17.2 Å². The summed E-state index contributed by atoms with van der Waals surface area (Å²) in [5, 5.41) is -0.0556. The molecule has 1 atom stereocenters. The van der Waals surface area contributed by atoms with Crippen molar-refractivity contribution in [2.45, 2.75) is 0 Å². The predicted molar refractivity (Wildman–Crippen MR) is 84.5 cm³/mol. The SMILES string of the molecule is CN1C(=O)C2C(=Nc3ccc(F)c(Cl)c3)C=CN=C2N(C)C1=O. The Morgan fingerprint density at radius 3 is 2.70 bits per heavy atom. The van der Waals surface area contributed by atoms with Crippen molar-refractivity contribution in [3.63, 3.8) is 0 Å². The first-order valence-corrected chi connectivity index (χ1v) is 7.11. The Labute approximate surface area is 136 Å². The number of nitrogens with zero attached hydrogens (tertiary/aromatic N) is 4. The van der Waals surface area contributed by atoms with Crippen LogP contribution in [0.4, 0.5) is 14.9 Å². The number of halogens is 2. The second kappa shape index (κ2) is 5.58. The number of fused-ring (bicyclic) bond motifs is 1. The number of amidine groups is 1. The van der Waals surface area contributed by atoms with Gasteiger partial charge in [-0.1, -0.05) is 11.6 Å². The molecule has 118 valence electrons. The first-order chi connectivity index (χ1) is 10.9. The van der Waals surface area contributed by atoms with Crippen LogP contribution >= 0.6 is 11.6 Å². The number of imide groups is 1. The van der Waals surface area contributed by atoms with Gasteiger partial charge in [-0.2, -0.15) is 0 Å². The third-order valence-electron chi connectivity index (χ3n) is 3.66. The summed E-state index contributed by atoms with van der Waals surface area (Å²) in [5.74, 6) is -1.43. The van der Waals surface area contributed by atoms with E-state index >= 15 is 0 Å². The van der Waals surface area contributed by atoms with Crippen LogP contribution in [0.15, 0.2) is 40.5 Å². The van der Waals surface area contributed by atoms with Crippen LogP contribution in [0.5, 0.6) is 0 Å². The fraction of sp³-hybridized carbons (Fsp3) is 0.200. The van der Waals surface area contributed by atoms with E-state index < -0.39 is 23.7 Å². The van der Waals surface area contributed by atoms with E-state index in [4.69, 9.17) is 11.6 Å². The van der Waals surface area contributed by atoms with Gasteiger partial charge in [0.1, 0.15) is 17.6 Å². The van der Waals surface area contributed by atoms with Gasteiger partial charge in [-0.05, 0) is 24.3 Å². The van der Waals surface area contributed by atoms with Crippen molar-refractivity contribution in [2.75, 3.05) is 14.1 Å². The highest BCUT2D eigenvalue weighted by Crippen LogP contribution is 2.26. The van der Waals surface area contributed by atoms with E-state index in [-0.39, 0.29) is 5.02 Å². The van der Waals surface area contributed by atoms with Gasteiger partial charge in [0.15, 0.2) is 0 Å². The van der Waals surface area contributed by atoms with E-state index in [1.54, 1.807) is 13.1 Å². The largest absolute Gasteiger partial charge is 0.331 e. The number of urea groups is 1. The molecule has 6 nitrogen and oxygen atoms in total. The Morgan fingerprint density at radius 1 is 1.26 bits per heavy atom. The molecule has 0 spiro atoms. The lowest BCUT2D eigenvalue weighted by molar-refractivity contribution is -0.128. The van der Waals surface area contributed by atoms with E-state index in [9.17, 15) is 14.0 Å². The molecule has 0 bridgehead atoms. The molecule has 0 aliphatic carbocycles.